The molecule has 134 valence electrons. The number of nitrogens with two attached hydrogens (primary N) is 1. The normalized spacial score (nSPS) is 12.8. The predicted octanol–water partition coefficient (Wildman–Crippen LogP) is 5.04. The Bertz CT molecular complexity index is 1150. The van der Waals surface area contributed by atoms with Crippen LogP contribution in [-0.4, -0.2) is 21.6 Å². The standard InChI is InChI=1S/C20H15ClN4OS/c21-13-5-2-1-4-12(13)16-18(25-20(22)24-16)15-10-11-7-9-26-14-6-3-8-23-17(14)19(11)27-15/h1-6,8,10H,7,9H2,(H3,22,24,25). The maximum atomic E-state index is 6.41. The summed E-state index contributed by atoms with van der Waals surface area (Å²) in [5.41, 5.74) is 10.6. The summed E-state index contributed by atoms with van der Waals surface area (Å²) < 4.78 is 5.83. The van der Waals surface area contributed by atoms with Crippen LogP contribution in [0.1, 0.15) is 5.56 Å². The van der Waals surface area contributed by atoms with Crippen molar-refractivity contribution < 1.29 is 4.74 Å². The molecule has 4 heterocycles. The number of hydrogen-bond acceptors (Lipinski definition) is 5. The lowest BCUT2D eigenvalue weighted by Crippen LogP contribution is -1.98. The molecule has 0 spiro atoms. The van der Waals surface area contributed by atoms with Gasteiger partial charge in [0, 0.05) is 23.2 Å². The van der Waals surface area contributed by atoms with Crippen molar-refractivity contribution in [2.75, 3.05) is 12.3 Å². The Kier molecular flexibility index (Phi) is 3.88. The number of H-pyrrole nitrogens is 1. The van der Waals surface area contributed by atoms with E-state index < -0.39 is 0 Å². The number of fused-ring (bicyclic) bond motifs is 3. The van der Waals surface area contributed by atoms with Gasteiger partial charge >= 0.3 is 0 Å². The molecule has 3 N–H and O–H groups in total. The van der Waals surface area contributed by atoms with Crippen molar-refractivity contribution in [3.63, 3.8) is 0 Å². The summed E-state index contributed by atoms with van der Waals surface area (Å²) in [6, 6.07) is 13.7. The molecule has 5 rings (SSSR count). The lowest BCUT2D eigenvalue weighted by molar-refractivity contribution is 0.325. The molecular weight excluding hydrogens is 380 g/mol. The number of nitrogen functional groups attached to an aromatic ring is 1. The third-order valence-corrected chi connectivity index (χ3v) is 6.04. The highest BCUT2D eigenvalue weighted by molar-refractivity contribution is 7.19. The van der Waals surface area contributed by atoms with Crippen LogP contribution in [0.4, 0.5) is 5.95 Å². The highest BCUT2D eigenvalue weighted by Crippen LogP contribution is 2.44. The molecule has 0 radical (unpaired) electrons. The highest BCUT2D eigenvalue weighted by atomic mass is 35.5. The molecule has 0 atom stereocenters. The van der Waals surface area contributed by atoms with Crippen molar-refractivity contribution >= 4 is 28.9 Å². The van der Waals surface area contributed by atoms with Crippen LogP contribution in [0, 0.1) is 0 Å². The van der Waals surface area contributed by atoms with Gasteiger partial charge in [0.15, 0.2) is 5.95 Å². The van der Waals surface area contributed by atoms with E-state index in [4.69, 9.17) is 22.1 Å². The van der Waals surface area contributed by atoms with Crippen LogP contribution >= 0.6 is 22.9 Å². The minimum absolute atomic E-state index is 0.366. The van der Waals surface area contributed by atoms with E-state index in [1.165, 1.54) is 5.56 Å². The lowest BCUT2D eigenvalue weighted by Gasteiger charge is -2.05. The second-order valence-electron chi connectivity index (χ2n) is 6.24. The van der Waals surface area contributed by atoms with Gasteiger partial charge in [-0.1, -0.05) is 29.8 Å². The summed E-state index contributed by atoms with van der Waals surface area (Å²) in [7, 11) is 0. The molecule has 0 unspecified atom stereocenters. The van der Waals surface area contributed by atoms with Crippen molar-refractivity contribution in [1.82, 2.24) is 15.0 Å². The number of anilines is 1. The molecule has 0 fully saturated rings. The number of hydrogen-bond donors (Lipinski definition) is 2. The third-order valence-electron chi connectivity index (χ3n) is 4.52. The van der Waals surface area contributed by atoms with E-state index in [0.29, 0.717) is 17.6 Å². The first-order chi connectivity index (χ1) is 13.2. The number of ether oxygens (including phenoxy) is 1. The molecule has 1 aliphatic heterocycles. The maximum absolute atomic E-state index is 6.41. The molecule has 0 saturated carbocycles. The molecule has 1 aromatic carbocycles. The van der Waals surface area contributed by atoms with E-state index in [1.54, 1.807) is 17.5 Å². The van der Waals surface area contributed by atoms with E-state index in [0.717, 1.165) is 44.6 Å². The van der Waals surface area contributed by atoms with Crippen LogP contribution in [0.3, 0.4) is 0 Å². The zero-order valence-corrected chi connectivity index (χ0v) is 15.8. The Morgan fingerprint density at radius 2 is 2.04 bits per heavy atom. The molecule has 27 heavy (non-hydrogen) atoms. The number of nitrogens with zero attached hydrogens (tertiary/aromatic N) is 2. The third kappa shape index (κ3) is 2.78. The summed E-state index contributed by atoms with van der Waals surface area (Å²) in [4.78, 5) is 14.4. The molecule has 5 nitrogen and oxygen atoms in total. The highest BCUT2D eigenvalue weighted by Gasteiger charge is 2.23. The van der Waals surface area contributed by atoms with Crippen molar-refractivity contribution in [3.8, 4) is 38.1 Å². The number of halogens is 1. The predicted molar refractivity (Wildman–Crippen MR) is 109 cm³/mol. The smallest absolute Gasteiger partial charge is 0.198 e. The molecule has 1 aliphatic rings. The van der Waals surface area contributed by atoms with Gasteiger partial charge in [-0.25, -0.2) is 4.98 Å². The van der Waals surface area contributed by atoms with Gasteiger partial charge < -0.3 is 15.5 Å². The topological polar surface area (TPSA) is 76.8 Å². The Hall–Kier alpha value is -2.83. The Morgan fingerprint density at radius 3 is 2.93 bits per heavy atom. The zero-order chi connectivity index (χ0) is 18.4. The zero-order valence-electron chi connectivity index (χ0n) is 14.2. The number of benzene rings is 1. The first kappa shape index (κ1) is 16.4. The second kappa shape index (κ2) is 6.40. The Balaban J connectivity index is 1.68. The monoisotopic (exact) mass is 394 g/mol. The molecular formula is C20H15ClN4OS. The van der Waals surface area contributed by atoms with Crippen molar-refractivity contribution in [2.24, 2.45) is 0 Å². The van der Waals surface area contributed by atoms with Crippen LogP contribution in [0.25, 0.3) is 32.4 Å². The number of imidazole rings is 1. The molecule has 0 bridgehead atoms. The van der Waals surface area contributed by atoms with Gasteiger partial charge in [0.1, 0.15) is 17.1 Å². The van der Waals surface area contributed by atoms with E-state index >= 15 is 0 Å². The number of thiophene rings is 1. The molecule has 0 amide bonds. The van der Waals surface area contributed by atoms with Gasteiger partial charge in [-0.05, 0) is 29.8 Å². The minimum Gasteiger partial charge on any atom is -0.491 e. The van der Waals surface area contributed by atoms with Crippen molar-refractivity contribution in [2.45, 2.75) is 6.42 Å². The second-order valence-corrected chi connectivity index (χ2v) is 7.70. The van der Waals surface area contributed by atoms with Crippen molar-refractivity contribution in [3.05, 3.63) is 59.2 Å². The number of aromatic amines is 1. The van der Waals surface area contributed by atoms with Gasteiger partial charge in [-0.15, -0.1) is 11.3 Å². The van der Waals surface area contributed by atoms with Gasteiger partial charge in [-0.2, -0.15) is 0 Å². The van der Waals surface area contributed by atoms with Crippen LogP contribution in [0.5, 0.6) is 5.75 Å². The fraction of sp³-hybridized carbons (Fsp3) is 0.100. The first-order valence-corrected chi connectivity index (χ1v) is 9.72. The van der Waals surface area contributed by atoms with E-state index in [2.05, 4.69) is 21.0 Å². The minimum atomic E-state index is 0.366. The lowest BCUT2D eigenvalue weighted by atomic mass is 10.1. The number of nitrogens with one attached hydrogen (secondary N) is 1. The molecule has 3 aromatic heterocycles. The SMILES string of the molecule is Nc1nc(-c2cc3c(s2)-c2ncccc2OCC3)c(-c2ccccc2Cl)[nH]1. The summed E-state index contributed by atoms with van der Waals surface area (Å²) in [5, 5.41) is 0.654. The fourth-order valence-electron chi connectivity index (χ4n) is 3.31. The maximum Gasteiger partial charge on any atom is 0.198 e. The Morgan fingerprint density at radius 1 is 1.15 bits per heavy atom. The van der Waals surface area contributed by atoms with Gasteiger partial charge in [0.2, 0.25) is 0 Å². The van der Waals surface area contributed by atoms with Crippen molar-refractivity contribution in [1.29, 1.82) is 0 Å². The number of rotatable bonds is 2. The molecule has 7 heteroatoms. The largest absolute Gasteiger partial charge is 0.491 e. The van der Waals surface area contributed by atoms with Crippen LogP contribution in [0.15, 0.2) is 48.7 Å². The van der Waals surface area contributed by atoms with E-state index in [-0.39, 0.29) is 0 Å². The average molecular weight is 395 g/mol. The van der Waals surface area contributed by atoms with Gasteiger partial charge in [-0.3, -0.25) is 4.98 Å². The van der Waals surface area contributed by atoms with Crippen LogP contribution < -0.4 is 10.5 Å². The van der Waals surface area contributed by atoms with Crippen LogP contribution in [-0.2, 0) is 6.42 Å². The molecule has 0 aliphatic carbocycles. The van der Waals surface area contributed by atoms with Gasteiger partial charge in [0.05, 0.1) is 22.1 Å². The van der Waals surface area contributed by atoms with E-state index in [9.17, 15) is 0 Å². The summed E-state index contributed by atoms with van der Waals surface area (Å²) in [6.07, 6.45) is 2.61. The number of pyridine rings is 1. The quantitative estimate of drug-likeness (QED) is 0.499. The van der Waals surface area contributed by atoms with Gasteiger partial charge in [0.25, 0.3) is 0 Å². The average Bonchev–Trinajstić information content (AvgIpc) is 3.22. The Labute approximate surface area is 164 Å². The fourth-order valence-corrected chi connectivity index (χ4v) is 4.75. The summed E-state index contributed by atoms with van der Waals surface area (Å²) in [5.74, 6) is 1.18. The van der Waals surface area contributed by atoms with E-state index in [1.807, 2.05) is 36.4 Å². The van der Waals surface area contributed by atoms with Crippen LogP contribution in [0.2, 0.25) is 5.02 Å². The summed E-state index contributed by atoms with van der Waals surface area (Å²) >= 11 is 8.05. The summed E-state index contributed by atoms with van der Waals surface area (Å²) in [6.45, 7) is 0.627. The first-order valence-electron chi connectivity index (χ1n) is 8.52. The molecule has 0 saturated heterocycles. The number of aromatic nitrogens is 3. The molecule has 4 aromatic rings.